The number of halogens is 1. The Labute approximate surface area is 256 Å². The average Bonchev–Trinajstić information content (AvgIpc) is 3.33. The van der Waals surface area contributed by atoms with Gasteiger partial charge in [-0.2, -0.15) is 0 Å². The van der Waals surface area contributed by atoms with E-state index in [0.717, 1.165) is 0 Å². The van der Waals surface area contributed by atoms with Crippen LogP contribution >= 0.6 is 22.9 Å². The van der Waals surface area contributed by atoms with E-state index in [4.69, 9.17) is 40.3 Å². The molecule has 0 aliphatic carbocycles. The van der Waals surface area contributed by atoms with Gasteiger partial charge < -0.3 is 23.7 Å². The first-order chi connectivity index (χ1) is 20.8. The molecule has 1 aliphatic rings. The highest BCUT2D eigenvalue weighted by Crippen LogP contribution is 2.39. The number of carbonyl (C=O) groups is 1. The van der Waals surface area contributed by atoms with Gasteiger partial charge in [-0.1, -0.05) is 59.3 Å². The average molecular weight is 621 g/mol. The molecule has 4 aromatic rings. The first-order valence-electron chi connectivity index (χ1n) is 13.3. The molecule has 0 bridgehead atoms. The van der Waals surface area contributed by atoms with Gasteiger partial charge in [0.25, 0.3) is 5.56 Å². The van der Waals surface area contributed by atoms with Crippen molar-refractivity contribution in [2.45, 2.75) is 13.0 Å². The predicted molar refractivity (Wildman–Crippen MR) is 165 cm³/mol. The van der Waals surface area contributed by atoms with Gasteiger partial charge in [0, 0.05) is 5.56 Å². The second-order valence-corrected chi connectivity index (χ2v) is 10.7. The van der Waals surface area contributed by atoms with Crippen molar-refractivity contribution in [1.29, 1.82) is 0 Å². The zero-order valence-corrected chi connectivity index (χ0v) is 25.7. The quantitative estimate of drug-likeness (QED) is 0.252. The molecule has 1 atom stereocenters. The summed E-state index contributed by atoms with van der Waals surface area (Å²) in [7, 11) is 6.08. The van der Waals surface area contributed by atoms with Crippen molar-refractivity contribution in [3.8, 4) is 23.0 Å². The van der Waals surface area contributed by atoms with Gasteiger partial charge in [0.2, 0.25) is 0 Å². The van der Waals surface area contributed by atoms with Gasteiger partial charge in [-0.3, -0.25) is 9.36 Å². The zero-order valence-electron chi connectivity index (χ0n) is 24.2. The van der Waals surface area contributed by atoms with Gasteiger partial charge >= 0.3 is 5.97 Å². The van der Waals surface area contributed by atoms with E-state index in [-0.39, 0.29) is 17.7 Å². The van der Waals surface area contributed by atoms with Crippen LogP contribution in [0, 0.1) is 0 Å². The number of hydrogen-bond acceptors (Lipinski definition) is 9. The Morgan fingerprint density at radius 2 is 1.67 bits per heavy atom. The Bertz CT molecular complexity index is 1900. The predicted octanol–water partition coefficient (Wildman–Crippen LogP) is 4.62. The van der Waals surface area contributed by atoms with Crippen molar-refractivity contribution in [2.75, 3.05) is 35.0 Å². The Balaban J connectivity index is 1.83. The lowest BCUT2D eigenvalue weighted by atomic mass is 9.93. The number of rotatable bonds is 9. The number of carbonyl (C=O) groups excluding carboxylic acids is 1. The number of fused-ring (bicyclic) bond motifs is 1. The summed E-state index contributed by atoms with van der Waals surface area (Å²) in [6.07, 6.45) is 1.71. The van der Waals surface area contributed by atoms with E-state index < -0.39 is 12.0 Å². The summed E-state index contributed by atoms with van der Waals surface area (Å²) in [4.78, 5) is 33.1. The minimum atomic E-state index is -0.874. The third kappa shape index (κ3) is 5.63. The molecule has 3 aromatic carbocycles. The van der Waals surface area contributed by atoms with Crippen LogP contribution in [0.25, 0.3) is 11.8 Å². The van der Waals surface area contributed by atoms with Gasteiger partial charge in [0.15, 0.2) is 27.8 Å². The van der Waals surface area contributed by atoms with Crippen LogP contribution in [0.1, 0.15) is 29.7 Å². The fraction of sp³-hybridized carbons (Fsp3) is 0.219. The van der Waals surface area contributed by atoms with E-state index in [9.17, 15) is 9.59 Å². The molecule has 1 aliphatic heterocycles. The van der Waals surface area contributed by atoms with Gasteiger partial charge in [-0.25, -0.2) is 9.79 Å². The molecule has 11 heteroatoms. The molecule has 0 saturated heterocycles. The smallest absolute Gasteiger partial charge is 0.338 e. The van der Waals surface area contributed by atoms with E-state index in [0.29, 0.717) is 59.7 Å². The summed E-state index contributed by atoms with van der Waals surface area (Å²) < 4.78 is 29.2. The fourth-order valence-electron chi connectivity index (χ4n) is 4.95. The molecule has 43 heavy (non-hydrogen) atoms. The number of ether oxygens (including phenoxy) is 5. The van der Waals surface area contributed by atoms with E-state index >= 15 is 0 Å². The lowest BCUT2D eigenvalue weighted by Crippen LogP contribution is -2.40. The molecule has 0 radical (unpaired) electrons. The summed E-state index contributed by atoms with van der Waals surface area (Å²) in [5.41, 5.74) is 2.26. The van der Waals surface area contributed by atoms with E-state index in [1.54, 1.807) is 50.4 Å². The van der Waals surface area contributed by atoms with Crippen LogP contribution in [0.15, 0.2) is 76.0 Å². The SMILES string of the molecule is CCOC(=O)C1=C(c2ccccc2)N=c2s/c(=C\c3cc(Cl)c(OC)c(OC)c3)c(=O)n2[C@H]1c1ccc(OC)c(OC)c1. The highest BCUT2D eigenvalue weighted by Gasteiger charge is 2.35. The number of nitrogens with zero attached hydrogens (tertiary/aromatic N) is 2. The first kappa shape index (κ1) is 29.9. The lowest BCUT2D eigenvalue weighted by Gasteiger charge is -2.26. The molecule has 5 rings (SSSR count). The van der Waals surface area contributed by atoms with Crippen LogP contribution in [0.5, 0.6) is 23.0 Å². The number of hydrogen-bond donors (Lipinski definition) is 0. The van der Waals surface area contributed by atoms with Crippen molar-refractivity contribution in [2.24, 2.45) is 4.99 Å². The maximum atomic E-state index is 14.2. The highest BCUT2D eigenvalue weighted by molar-refractivity contribution is 7.07. The van der Waals surface area contributed by atoms with E-state index in [1.807, 2.05) is 30.3 Å². The largest absolute Gasteiger partial charge is 0.493 e. The van der Waals surface area contributed by atoms with Crippen molar-refractivity contribution < 1.29 is 28.5 Å². The molecule has 0 unspecified atom stereocenters. The number of aromatic nitrogens is 1. The van der Waals surface area contributed by atoms with Crippen LogP contribution in [-0.2, 0) is 9.53 Å². The molecule has 9 nitrogen and oxygen atoms in total. The van der Waals surface area contributed by atoms with Crippen LogP contribution in [-0.4, -0.2) is 45.6 Å². The number of esters is 1. The second kappa shape index (κ2) is 12.8. The second-order valence-electron chi connectivity index (χ2n) is 9.28. The molecule has 222 valence electrons. The molecule has 0 spiro atoms. The molecule has 0 amide bonds. The third-order valence-electron chi connectivity index (χ3n) is 6.85. The van der Waals surface area contributed by atoms with Gasteiger partial charge in [-0.05, 0) is 48.4 Å². The minimum Gasteiger partial charge on any atom is -0.493 e. The molecule has 0 fully saturated rings. The highest BCUT2D eigenvalue weighted by atomic mass is 35.5. The third-order valence-corrected chi connectivity index (χ3v) is 8.11. The molecule has 1 aromatic heterocycles. The first-order valence-corrected chi connectivity index (χ1v) is 14.5. The van der Waals surface area contributed by atoms with Crippen molar-refractivity contribution in [3.05, 3.63) is 108 Å². The van der Waals surface area contributed by atoms with Gasteiger partial charge in [0.05, 0.1) is 61.9 Å². The van der Waals surface area contributed by atoms with Crippen LogP contribution < -0.4 is 33.8 Å². The summed E-state index contributed by atoms with van der Waals surface area (Å²) >= 11 is 7.64. The number of methoxy groups -OCH3 is 4. The van der Waals surface area contributed by atoms with E-state index in [2.05, 4.69) is 0 Å². The minimum absolute atomic E-state index is 0.146. The Hall–Kier alpha value is -4.54. The van der Waals surface area contributed by atoms with E-state index in [1.165, 1.54) is 37.2 Å². The molecule has 0 saturated carbocycles. The Morgan fingerprint density at radius 1 is 0.953 bits per heavy atom. The number of benzene rings is 3. The van der Waals surface area contributed by atoms with Crippen molar-refractivity contribution in [1.82, 2.24) is 4.57 Å². The molecule has 0 N–H and O–H groups in total. The normalized spacial score (nSPS) is 14.6. The maximum absolute atomic E-state index is 14.2. The standard InChI is InChI=1S/C32H29ClN2O7S/c1-6-42-31(37)26-27(19-10-8-7-9-11-19)34-32-35(28(26)20-12-13-22(38-2)23(17-20)39-3)30(36)25(43-32)16-18-14-21(33)29(41-5)24(15-18)40-4/h7-17,28H,6H2,1-5H3/b25-16-/t28-/m0/s1. The van der Waals surface area contributed by atoms with Crippen LogP contribution in [0.2, 0.25) is 5.02 Å². The van der Waals surface area contributed by atoms with Crippen molar-refractivity contribution >= 4 is 40.7 Å². The fourth-order valence-corrected chi connectivity index (χ4v) is 6.25. The monoisotopic (exact) mass is 620 g/mol. The molecular formula is C32H29ClN2O7S. The van der Waals surface area contributed by atoms with Crippen molar-refractivity contribution in [3.63, 3.8) is 0 Å². The summed E-state index contributed by atoms with van der Waals surface area (Å²) in [5.74, 6) is 1.19. The maximum Gasteiger partial charge on any atom is 0.338 e. The number of thiazole rings is 1. The van der Waals surface area contributed by atoms with Crippen LogP contribution in [0.4, 0.5) is 0 Å². The van der Waals surface area contributed by atoms with Crippen LogP contribution in [0.3, 0.4) is 0 Å². The zero-order chi connectivity index (χ0) is 30.7. The Kier molecular flexibility index (Phi) is 8.89. The summed E-state index contributed by atoms with van der Waals surface area (Å²) in [6.45, 7) is 1.88. The molecule has 2 heterocycles. The summed E-state index contributed by atoms with van der Waals surface area (Å²) in [6, 6.07) is 17.2. The molecular weight excluding hydrogens is 592 g/mol. The summed E-state index contributed by atoms with van der Waals surface area (Å²) in [5, 5.41) is 0.333. The topological polar surface area (TPSA) is 97.6 Å². The lowest BCUT2D eigenvalue weighted by molar-refractivity contribution is -0.138. The van der Waals surface area contributed by atoms with Gasteiger partial charge in [-0.15, -0.1) is 0 Å². The Morgan fingerprint density at radius 3 is 2.33 bits per heavy atom. The van der Waals surface area contributed by atoms with Gasteiger partial charge in [0.1, 0.15) is 0 Å².